The van der Waals surface area contributed by atoms with Crippen LogP contribution in [0.15, 0.2) is 48.9 Å². The van der Waals surface area contributed by atoms with Gasteiger partial charge in [-0.25, -0.2) is 19.7 Å². The average molecular weight is 479 g/mol. The number of aromatic nitrogens is 4. The number of nitro benzene ring substituents is 1. The van der Waals surface area contributed by atoms with E-state index < -0.39 is 11.0 Å². The van der Waals surface area contributed by atoms with Crippen LogP contribution in [0.1, 0.15) is 19.7 Å². The molecule has 35 heavy (non-hydrogen) atoms. The second-order valence-corrected chi connectivity index (χ2v) is 8.36. The molecule has 0 bridgehead atoms. The van der Waals surface area contributed by atoms with Gasteiger partial charge in [0.2, 0.25) is 5.95 Å². The predicted octanol–water partition coefficient (Wildman–Crippen LogP) is 3.58. The molecule has 1 atom stereocenters. The number of nitrogens with one attached hydrogen (secondary N) is 1. The minimum absolute atomic E-state index is 0.0378. The summed E-state index contributed by atoms with van der Waals surface area (Å²) in [4.78, 5) is 43.5. The molecule has 1 aliphatic rings. The number of ether oxygens (including phenoxy) is 1. The lowest BCUT2D eigenvalue weighted by atomic mass is 10.0. The summed E-state index contributed by atoms with van der Waals surface area (Å²) in [6.45, 7) is 4.92. The van der Waals surface area contributed by atoms with Gasteiger partial charge in [-0.1, -0.05) is 13.8 Å². The molecule has 1 fully saturated rings. The van der Waals surface area contributed by atoms with Crippen molar-refractivity contribution >= 4 is 34.9 Å². The lowest BCUT2D eigenvalue weighted by Crippen LogP contribution is -2.37. The van der Waals surface area contributed by atoms with Gasteiger partial charge in [-0.2, -0.15) is 4.98 Å². The number of benzene rings is 1. The van der Waals surface area contributed by atoms with E-state index in [-0.39, 0.29) is 17.6 Å². The van der Waals surface area contributed by atoms with Gasteiger partial charge in [-0.15, -0.1) is 0 Å². The van der Waals surface area contributed by atoms with Crippen molar-refractivity contribution in [2.24, 2.45) is 5.92 Å². The van der Waals surface area contributed by atoms with Crippen molar-refractivity contribution in [2.45, 2.75) is 26.3 Å². The fraction of sp³-hybridized carbons (Fsp3) is 0.348. The van der Waals surface area contributed by atoms with E-state index in [1.54, 1.807) is 41.7 Å². The van der Waals surface area contributed by atoms with E-state index in [2.05, 4.69) is 25.3 Å². The average Bonchev–Trinajstić information content (AvgIpc) is 3.26. The van der Waals surface area contributed by atoms with Crippen LogP contribution in [0.4, 0.5) is 33.6 Å². The summed E-state index contributed by atoms with van der Waals surface area (Å²) in [7, 11) is 1.84. The Bertz CT molecular complexity index is 1190. The number of nitrogens with zero attached hydrogens (tertiary/aromatic N) is 7. The zero-order valence-electron chi connectivity index (χ0n) is 19.7. The van der Waals surface area contributed by atoms with Crippen LogP contribution in [0.25, 0.3) is 0 Å². The van der Waals surface area contributed by atoms with Gasteiger partial charge in [-0.3, -0.25) is 15.0 Å². The molecule has 182 valence electrons. The number of anilines is 4. The molecule has 2 aromatic heterocycles. The fourth-order valence-electron chi connectivity index (χ4n) is 3.64. The standard InChI is InChI=1S/C23H26N8O4/c1-15(2)19-14-35-23(32)30(19)21-9-11-25-22(28-21)24-10-8-20-26-12-18(13-27-20)29(3)16-4-6-17(7-5-16)31(33)34/h4-7,9,11-13,15,19H,8,10,14H2,1-3H3,(H,24,25,28)/t19-/m1/s1. The molecular weight excluding hydrogens is 452 g/mol. The van der Waals surface area contributed by atoms with Gasteiger partial charge in [0.25, 0.3) is 5.69 Å². The summed E-state index contributed by atoms with van der Waals surface area (Å²) in [5, 5.41) is 14.0. The van der Waals surface area contributed by atoms with E-state index in [9.17, 15) is 14.9 Å². The highest BCUT2D eigenvalue weighted by atomic mass is 16.6. The summed E-state index contributed by atoms with van der Waals surface area (Å²) >= 11 is 0. The SMILES string of the molecule is CC(C)[C@H]1COC(=O)N1c1ccnc(NCCc2ncc(N(C)c3ccc([N+](=O)[O-])cc3)cn2)n1. The number of hydrogen-bond donors (Lipinski definition) is 1. The molecule has 0 spiro atoms. The minimum atomic E-state index is -0.431. The van der Waals surface area contributed by atoms with E-state index in [1.165, 1.54) is 12.1 Å². The van der Waals surface area contributed by atoms with E-state index >= 15 is 0 Å². The van der Waals surface area contributed by atoms with Crippen molar-refractivity contribution in [3.63, 3.8) is 0 Å². The van der Waals surface area contributed by atoms with Crippen LogP contribution in [0.2, 0.25) is 0 Å². The van der Waals surface area contributed by atoms with Gasteiger partial charge in [0.1, 0.15) is 18.2 Å². The van der Waals surface area contributed by atoms with Gasteiger partial charge < -0.3 is 15.0 Å². The number of hydrogen-bond acceptors (Lipinski definition) is 10. The molecule has 3 heterocycles. The first-order valence-corrected chi connectivity index (χ1v) is 11.2. The third-order valence-electron chi connectivity index (χ3n) is 5.72. The van der Waals surface area contributed by atoms with E-state index in [1.807, 2.05) is 25.8 Å². The Kier molecular flexibility index (Phi) is 6.99. The maximum atomic E-state index is 12.2. The summed E-state index contributed by atoms with van der Waals surface area (Å²) < 4.78 is 5.20. The predicted molar refractivity (Wildman–Crippen MR) is 130 cm³/mol. The highest BCUT2D eigenvalue weighted by Crippen LogP contribution is 2.26. The first-order chi connectivity index (χ1) is 16.8. The first-order valence-electron chi connectivity index (χ1n) is 11.2. The molecule has 12 nitrogen and oxygen atoms in total. The van der Waals surface area contributed by atoms with Crippen molar-refractivity contribution in [1.29, 1.82) is 0 Å². The second-order valence-electron chi connectivity index (χ2n) is 8.36. The Hall–Kier alpha value is -4.35. The van der Waals surface area contributed by atoms with Crippen molar-refractivity contribution in [2.75, 3.05) is 35.3 Å². The number of amides is 1. The van der Waals surface area contributed by atoms with Crippen LogP contribution in [-0.4, -0.2) is 57.2 Å². The quantitative estimate of drug-likeness (QED) is 0.358. The first kappa shape index (κ1) is 23.8. The molecule has 0 saturated carbocycles. The normalized spacial score (nSPS) is 15.3. The maximum absolute atomic E-state index is 12.2. The number of carbonyl (C=O) groups is 1. The largest absolute Gasteiger partial charge is 0.447 e. The molecule has 1 aromatic carbocycles. The van der Waals surface area contributed by atoms with E-state index in [0.717, 1.165) is 11.4 Å². The Morgan fingerprint density at radius 2 is 1.89 bits per heavy atom. The molecule has 4 rings (SSSR count). The lowest BCUT2D eigenvalue weighted by molar-refractivity contribution is -0.384. The second kappa shape index (κ2) is 10.3. The van der Waals surface area contributed by atoms with Gasteiger partial charge in [0.05, 0.1) is 29.0 Å². The molecule has 1 N–H and O–H groups in total. The van der Waals surface area contributed by atoms with Crippen LogP contribution >= 0.6 is 0 Å². The molecule has 0 aliphatic carbocycles. The third-order valence-corrected chi connectivity index (χ3v) is 5.72. The van der Waals surface area contributed by atoms with Crippen LogP contribution in [-0.2, 0) is 11.2 Å². The maximum Gasteiger partial charge on any atom is 0.415 e. The van der Waals surface area contributed by atoms with Gasteiger partial charge >= 0.3 is 6.09 Å². The third kappa shape index (κ3) is 5.42. The summed E-state index contributed by atoms with van der Waals surface area (Å²) in [6.07, 6.45) is 5.14. The lowest BCUT2D eigenvalue weighted by Gasteiger charge is -2.23. The minimum Gasteiger partial charge on any atom is -0.447 e. The zero-order chi connectivity index (χ0) is 24.9. The molecule has 1 aliphatic heterocycles. The summed E-state index contributed by atoms with van der Waals surface area (Å²) in [5.41, 5.74) is 1.58. The molecule has 0 radical (unpaired) electrons. The summed E-state index contributed by atoms with van der Waals surface area (Å²) in [5.74, 6) is 1.77. The van der Waals surface area contributed by atoms with E-state index in [4.69, 9.17) is 4.74 Å². The monoisotopic (exact) mass is 478 g/mol. The Balaban J connectivity index is 1.34. The van der Waals surface area contributed by atoms with Crippen LogP contribution in [0.5, 0.6) is 0 Å². The fourth-order valence-corrected chi connectivity index (χ4v) is 3.64. The molecule has 3 aromatic rings. The Morgan fingerprint density at radius 3 is 2.54 bits per heavy atom. The van der Waals surface area contributed by atoms with Crippen LogP contribution in [0.3, 0.4) is 0 Å². The number of cyclic esters (lactones) is 1. The highest BCUT2D eigenvalue weighted by molar-refractivity contribution is 5.89. The smallest absolute Gasteiger partial charge is 0.415 e. The van der Waals surface area contributed by atoms with E-state index in [0.29, 0.717) is 37.2 Å². The Morgan fingerprint density at radius 1 is 1.17 bits per heavy atom. The van der Waals surface area contributed by atoms with Crippen molar-refractivity contribution in [3.05, 3.63) is 64.9 Å². The topological polar surface area (TPSA) is 140 Å². The number of rotatable bonds is 9. The highest BCUT2D eigenvalue weighted by Gasteiger charge is 2.37. The molecule has 12 heteroatoms. The molecule has 0 unspecified atom stereocenters. The van der Waals surface area contributed by atoms with Crippen molar-refractivity contribution < 1.29 is 14.5 Å². The molecule has 1 amide bonds. The molecular formula is C23H26N8O4. The Labute approximate surface area is 202 Å². The van der Waals surface area contributed by atoms with Crippen LogP contribution in [0, 0.1) is 16.0 Å². The van der Waals surface area contributed by atoms with Crippen LogP contribution < -0.4 is 15.1 Å². The van der Waals surface area contributed by atoms with Crippen molar-refractivity contribution in [1.82, 2.24) is 19.9 Å². The zero-order valence-corrected chi connectivity index (χ0v) is 19.7. The summed E-state index contributed by atoms with van der Waals surface area (Å²) in [6, 6.07) is 7.89. The van der Waals surface area contributed by atoms with Gasteiger partial charge in [0, 0.05) is 44.0 Å². The number of non-ortho nitro benzene ring substituents is 1. The van der Waals surface area contributed by atoms with Gasteiger partial charge in [-0.05, 0) is 24.1 Å². The number of nitro groups is 1. The molecule has 1 saturated heterocycles. The van der Waals surface area contributed by atoms with Crippen molar-refractivity contribution in [3.8, 4) is 0 Å². The van der Waals surface area contributed by atoms with Gasteiger partial charge in [0.15, 0.2) is 0 Å². The number of carbonyl (C=O) groups excluding carboxylic acids is 1.